The van der Waals surface area contributed by atoms with E-state index in [1.165, 1.54) is 0 Å². The maximum atomic E-state index is 4.98. The SMILES string of the molecule is COc1cc(Br)ccc1ON. The highest BCUT2D eigenvalue weighted by Crippen LogP contribution is 2.28. The van der Waals surface area contributed by atoms with Crippen LogP contribution < -0.4 is 15.5 Å². The van der Waals surface area contributed by atoms with Gasteiger partial charge in [-0.3, -0.25) is 0 Å². The minimum absolute atomic E-state index is 0.524. The molecule has 0 heterocycles. The average Bonchev–Trinajstić information content (AvgIpc) is 2.04. The maximum Gasteiger partial charge on any atom is 0.188 e. The Labute approximate surface area is 73.2 Å². The van der Waals surface area contributed by atoms with Crippen LogP contribution >= 0.6 is 15.9 Å². The van der Waals surface area contributed by atoms with Gasteiger partial charge in [-0.2, -0.15) is 5.90 Å². The molecule has 0 fully saturated rings. The van der Waals surface area contributed by atoms with Crippen LogP contribution in [0, 0.1) is 0 Å². The molecule has 0 atom stereocenters. The summed E-state index contributed by atoms with van der Waals surface area (Å²) in [4.78, 5) is 4.55. The summed E-state index contributed by atoms with van der Waals surface area (Å²) in [7, 11) is 1.56. The lowest BCUT2D eigenvalue weighted by molar-refractivity contribution is 0.306. The number of benzene rings is 1. The summed E-state index contributed by atoms with van der Waals surface area (Å²) in [6, 6.07) is 5.33. The predicted molar refractivity (Wildman–Crippen MR) is 45.5 cm³/mol. The molecule has 60 valence electrons. The first-order valence-electron chi connectivity index (χ1n) is 2.98. The van der Waals surface area contributed by atoms with Crippen molar-refractivity contribution in [1.29, 1.82) is 0 Å². The fourth-order valence-corrected chi connectivity index (χ4v) is 1.08. The normalized spacial score (nSPS) is 9.36. The van der Waals surface area contributed by atoms with Gasteiger partial charge in [0.15, 0.2) is 11.5 Å². The van der Waals surface area contributed by atoms with Gasteiger partial charge in [0.1, 0.15) is 0 Å². The second-order valence-electron chi connectivity index (χ2n) is 1.91. The Kier molecular flexibility index (Phi) is 2.73. The first-order valence-corrected chi connectivity index (χ1v) is 3.77. The third-order valence-corrected chi connectivity index (χ3v) is 1.75. The Balaban J connectivity index is 3.06. The molecule has 4 heteroatoms. The van der Waals surface area contributed by atoms with E-state index in [-0.39, 0.29) is 0 Å². The summed E-state index contributed by atoms with van der Waals surface area (Å²) < 4.78 is 5.91. The molecule has 0 aliphatic rings. The van der Waals surface area contributed by atoms with Crippen molar-refractivity contribution in [1.82, 2.24) is 0 Å². The highest BCUT2D eigenvalue weighted by molar-refractivity contribution is 9.10. The summed E-state index contributed by atoms with van der Waals surface area (Å²) in [6.45, 7) is 0. The summed E-state index contributed by atoms with van der Waals surface area (Å²) in [5.74, 6) is 6.12. The van der Waals surface area contributed by atoms with Gasteiger partial charge >= 0.3 is 0 Å². The largest absolute Gasteiger partial charge is 0.493 e. The zero-order valence-corrected chi connectivity index (χ0v) is 7.59. The van der Waals surface area contributed by atoms with Crippen LogP contribution in [-0.4, -0.2) is 7.11 Å². The molecule has 0 aliphatic carbocycles. The summed E-state index contributed by atoms with van der Waals surface area (Å²) in [6.07, 6.45) is 0. The fraction of sp³-hybridized carbons (Fsp3) is 0.143. The minimum Gasteiger partial charge on any atom is -0.493 e. The van der Waals surface area contributed by atoms with E-state index in [0.717, 1.165) is 4.47 Å². The highest BCUT2D eigenvalue weighted by atomic mass is 79.9. The molecule has 0 spiro atoms. The van der Waals surface area contributed by atoms with Gasteiger partial charge in [0.25, 0.3) is 0 Å². The van der Waals surface area contributed by atoms with Crippen LogP contribution in [0.5, 0.6) is 11.5 Å². The van der Waals surface area contributed by atoms with Gasteiger partial charge in [0.2, 0.25) is 0 Å². The quantitative estimate of drug-likeness (QED) is 0.768. The molecule has 0 radical (unpaired) electrons. The number of nitrogens with two attached hydrogens (primary N) is 1. The second kappa shape index (κ2) is 3.59. The zero-order valence-electron chi connectivity index (χ0n) is 6.00. The molecule has 11 heavy (non-hydrogen) atoms. The number of hydrogen-bond acceptors (Lipinski definition) is 3. The molecule has 2 N–H and O–H groups in total. The van der Waals surface area contributed by atoms with Crippen molar-refractivity contribution >= 4 is 15.9 Å². The van der Waals surface area contributed by atoms with E-state index in [1.54, 1.807) is 19.2 Å². The van der Waals surface area contributed by atoms with Crippen molar-refractivity contribution in [3.63, 3.8) is 0 Å². The molecule has 0 saturated heterocycles. The smallest absolute Gasteiger partial charge is 0.188 e. The molecule has 1 rings (SSSR count). The van der Waals surface area contributed by atoms with Gasteiger partial charge in [-0.05, 0) is 18.2 Å². The van der Waals surface area contributed by atoms with Crippen molar-refractivity contribution in [2.45, 2.75) is 0 Å². The van der Waals surface area contributed by atoms with Gasteiger partial charge in [-0.1, -0.05) is 15.9 Å². The average molecular weight is 218 g/mol. The first-order chi connectivity index (χ1) is 5.27. The Morgan fingerprint density at radius 1 is 1.36 bits per heavy atom. The molecule has 0 bridgehead atoms. The van der Waals surface area contributed by atoms with Gasteiger partial charge in [0, 0.05) is 4.47 Å². The number of halogens is 1. The maximum absolute atomic E-state index is 4.98. The lowest BCUT2D eigenvalue weighted by Gasteiger charge is -2.05. The molecule has 1 aromatic rings. The molecular formula is C7H8BrNO2. The van der Waals surface area contributed by atoms with Gasteiger partial charge in [-0.15, -0.1) is 0 Å². The third-order valence-electron chi connectivity index (χ3n) is 1.25. The van der Waals surface area contributed by atoms with Crippen molar-refractivity contribution in [2.24, 2.45) is 5.90 Å². The van der Waals surface area contributed by atoms with Crippen molar-refractivity contribution in [3.8, 4) is 11.5 Å². The Hall–Kier alpha value is -0.740. The molecule has 1 aromatic carbocycles. The lowest BCUT2D eigenvalue weighted by Crippen LogP contribution is -2.03. The van der Waals surface area contributed by atoms with Crippen LogP contribution in [0.15, 0.2) is 22.7 Å². The van der Waals surface area contributed by atoms with Crippen molar-refractivity contribution in [2.75, 3.05) is 7.11 Å². The summed E-state index contributed by atoms with van der Waals surface area (Å²) >= 11 is 3.29. The van der Waals surface area contributed by atoms with Crippen LogP contribution in [-0.2, 0) is 0 Å². The first kappa shape index (κ1) is 8.36. The van der Waals surface area contributed by atoms with Crippen LogP contribution in [0.2, 0.25) is 0 Å². The van der Waals surface area contributed by atoms with Crippen molar-refractivity contribution < 1.29 is 9.57 Å². The number of ether oxygens (including phenoxy) is 1. The van der Waals surface area contributed by atoms with E-state index in [4.69, 9.17) is 10.6 Å². The van der Waals surface area contributed by atoms with Crippen LogP contribution in [0.25, 0.3) is 0 Å². The second-order valence-corrected chi connectivity index (χ2v) is 2.83. The Bertz CT molecular complexity index is 252. The lowest BCUT2D eigenvalue weighted by atomic mass is 10.3. The van der Waals surface area contributed by atoms with Crippen LogP contribution in [0.3, 0.4) is 0 Å². The van der Waals surface area contributed by atoms with E-state index in [9.17, 15) is 0 Å². The molecule has 0 unspecified atom stereocenters. The molecule has 0 aliphatic heterocycles. The number of methoxy groups -OCH3 is 1. The fourth-order valence-electron chi connectivity index (χ4n) is 0.739. The van der Waals surface area contributed by atoms with E-state index in [2.05, 4.69) is 20.8 Å². The summed E-state index contributed by atoms with van der Waals surface area (Å²) in [5, 5.41) is 0. The molecule has 0 amide bonds. The van der Waals surface area contributed by atoms with E-state index in [1.807, 2.05) is 6.07 Å². The standard InChI is InChI=1S/C7H8BrNO2/c1-10-7-4-5(8)2-3-6(7)11-9/h2-4H,9H2,1H3. The van der Waals surface area contributed by atoms with Gasteiger partial charge < -0.3 is 9.57 Å². The molecule has 0 aromatic heterocycles. The number of hydrogen-bond donors (Lipinski definition) is 1. The Morgan fingerprint density at radius 2 is 2.09 bits per heavy atom. The summed E-state index contributed by atoms with van der Waals surface area (Å²) in [5.41, 5.74) is 0. The zero-order chi connectivity index (χ0) is 8.27. The van der Waals surface area contributed by atoms with E-state index >= 15 is 0 Å². The molecule has 3 nitrogen and oxygen atoms in total. The monoisotopic (exact) mass is 217 g/mol. The van der Waals surface area contributed by atoms with Crippen molar-refractivity contribution in [3.05, 3.63) is 22.7 Å². The van der Waals surface area contributed by atoms with E-state index < -0.39 is 0 Å². The van der Waals surface area contributed by atoms with Gasteiger partial charge in [0.05, 0.1) is 7.11 Å². The number of rotatable bonds is 2. The molecule has 0 saturated carbocycles. The predicted octanol–water partition coefficient (Wildman–Crippen LogP) is 1.71. The van der Waals surface area contributed by atoms with Gasteiger partial charge in [-0.25, -0.2) is 0 Å². The van der Waals surface area contributed by atoms with Crippen LogP contribution in [0.1, 0.15) is 0 Å². The minimum atomic E-state index is 0.524. The molecular weight excluding hydrogens is 210 g/mol. The topological polar surface area (TPSA) is 44.5 Å². The Morgan fingerprint density at radius 3 is 2.64 bits per heavy atom. The van der Waals surface area contributed by atoms with E-state index in [0.29, 0.717) is 11.5 Å². The third kappa shape index (κ3) is 1.85. The van der Waals surface area contributed by atoms with Crippen LogP contribution in [0.4, 0.5) is 0 Å². The highest BCUT2D eigenvalue weighted by Gasteiger charge is 2.02.